The molecular formula is C17H22N2O3S. The first kappa shape index (κ1) is 16.1. The molecule has 6 heteroatoms. The topological polar surface area (TPSA) is 55.5 Å². The largest absolute Gasteiger partial charge is 0.464 e. The smallest absolute Gasteiger partial charge is 0.307 e. The Morgan fingerprint density at radius 1 is 1.48 bits per heavy atom. The molecule has 1 saturated carbocycles. The number of furan rings is 1. The van der Waals surface area contributed by atoms with Crippen LogP contribution >= 0.6 is 11.3 Å². The first-order valence-corrected chi connectivity index (χ1v) is 8.81. The Labute approximate surface area is 139 Å². The summed E-state index contributed by atoms with van der Waals surface area (Å²) < 4.78 is 7.49. The minimum atomic E-state index is -0.00724. The van der Waals surface area contributed by atoms with Crippen LogP contribution in [-0.2, 0) is 17.9 Å². The quantitative estimate of drug-likeness (QED) is 0.816. The molecule has 0 bridgehead atoms. The monoisotopic (exact) mass is 334 g/mol. The van der Waals surface area contributed by atoms with Crippen molar-refractivity contribution in [1.82, 2.24) is 9.47 Å². The molecule has 124 valence electrons. The zero-order valence-electron chi connectivity index (χ0n) is 13.7. The van der Waals surface area contributed by atoms with Crippen LogP contribution < -0.4 is 4.87 Å². The molecule has 0 aromatic carbocycles. The summed E-state index contributed by atoms with van der Waals surface area (Å²) in [7, 11) is 1.77. The highest BCUT2D eigenvalue weighted by molar-refractivity contribution is 7.07. The van der Waals surface area contributed by atoms with Crippen molar-refractivity contribution in [3.05, 3.63) is 44.4 Å². The van der Waals surface area contributed by atoms with Gasteiger partial charge in [-0.1, -0.05) is 18.3 Å². The Balaban J connectivity index is 1.53. The van der Waals surface area contributed by atoms with E-state index in [1.807, 2.05) is 24.4 Å². The van der Waals surface area contributed by atoms with Gasteiger partial charge in [-0.25, -0.2) is 0 Å². The summed E-state index contributed by atoms with van der Waals surface area (Å²) in [5, 5.41) is 1.82. The van der Waals surface area contributed by atoms with Gasteiger partial charge in [-0.2, -0.15) is 0 Å². The predicted octanol–water partition coefficient (Wildman–Crippen LogP) is 2.98. The maximum atomic E-state index is 12.2. The van der Waals surface area contributed by atoms with Crippen molar-refractivity contribution in [2.24, 2.45) is 5.92 Å². The number of thiazole rings is 1. The van der Waals surface area contributed by atoms with Crippen molar-refractivity contribution < 1.29 is 9.21 Å². The molecule has 1 aliphatic carbocycles. The van der Waals surface area contributed by atoms with Crippen LogP contribution in [0.1, 0.15) is 42.9 Å². The van der Waals surface area contributed by atoms with Crippen LogP contribution in [0.25, 0.3) is 0 Å². The molecular weight excluding hydrogens is 312 g/mol. The van der Waals surface area contributed by atoms with Gasteiger partial charge in [0, 0.05) is 37.0 Å². The number of carbonyl (C=O) groups excluding carboxylic acids is 1. The molecule has 0 spiro atoms. The van der Waals surface area contributed by atoms with E-state index in [0.29, 0.717) is 31.3 Å². The number of amides is 1. The summed E-state index contributed by atoms with van der Waals surface area (Å²) in [6, 6.07) is 3.98. The first-order valence-electron chi connectivity index (χ1n) is 7.93. The molecule has 2 heterocycles. The molecule has 0 radical (unpaired) electrons. The van der Waals surface area contributed by atoms with Crippen molar-refractivity contribution in [3.63, 3.8) is 0 Å². The Morgan fingerprint density at radius 2 is 2.22 bits per heavy atom. The fourth-order valence-corrected chi connectivity index (χ4v) is 3.55. The number of nitrogens with zero attached hydrogens (tertiary/aromatic N) is 2. The number of aromatic nitrogens is 1. The second-order valence-corrected chi connectivity index (χ2v) is 7.24. The van der Waals surface area contributed by atoms with Crippen molar-refractivity contribution >= 4 is 17.2 Å². The highest BCUT2D eigenvalue weighted by Crippen LogP contribution is 2.47. The van der Waals surface area contributed by atoms with E-state index in [0.717, 1.165) is 17.2 Å². The highest BCUT2D eigenvalue weighted by Gasteiger charge is 2.36. The van der Waals surface area contributed by atoms with Crippen LogP contribution in [0.4, 0.5) is 0 Å². The van der Waals surface area contributed by atoms with Crippen LogP contribution in [-0.4, -0.2) is 22.4 Å². The van der Waals surface area contributed by atoms with E-state index in [1.165, 1.54) is 17.8 Å². The van der Waals surface area contributed by atoms with Gasteiger partial charge in [0.25, 0.3) is 0 Å². The van der Waals surface area contributed by atoms with E-state index in [2.05, 4.69) is 6.92 Å². The molecule has 0 unspecified atom stereocenters. The fourth-order valence-electron chi connectivity index (χ4n) is 2.79. The first-order chi connectivity index (χ1) is 11.0. The third-order valence-electron chi connectivity index (χ3n) is 4.50. The zero-order chi connectivity index (χ0) is 16.6. The molecule has 3 rings (SSSR count). The molecule has 23 heavy (non-hydrogen) atoms. The van der Waals surface area contributed by atoms with Crippen molar-refractivity contribution in [3.8, 4) is 0 Å². The van der Waals surface area contributed by atoms with Gasteiger partial charge in [0.15, 0.2) is 0 Å². The molecule has 0 saturated heterocycles. The van der Waals surface area contributed by atoms with Gasteiger partial charge in [0.05, 0.1) is 6.54 Å². The number of carbonyl (C=O) groups is 1. The summed E-state index contributed by atoms with van der Waals surface area (Å²) in [4.78, 5) is 25.5. The highest BCUT2D eigenvalue weighted by atomic mass is 32.1. The lowest BCUT2D eigenvalue weighted by atomic mass is 10.3. The van der Waals surface area contributed by atoms with Crippen LogP contribution in [0.2, 0.25) is 0 Å². The molecule has 0 aliphatic heterocycles. The van der Waals surface area contributed by atoms with Crippen LogP contribution in [0.3, 0.4) is 0 Å². The molecule has 1 amide bonds. The minimum absolute atomic E-state index is 0.00724. The molecule has 1 fully saturated rings. The SMILES string of the molecule is Cc1csc(=O)n1CCC(=O)N(C)Cc1ccc([C@@H]2C[C@@H]2C)o1. The molecule has 1 aliphatic rings. The van der Waals surface area contributed by atoms with Crippen molar-refractivity contribution in [2.75, 3.05) is 7.05 Å². The molecule has 2 atom stereocenters. The molecule has 0 N–H and O–H groups in total. The van der Waals surface area contributed by atoms with Gasteiger partial charge in [0.1, 0.15) is 11.5 Å². The Bertz CT molecular complexity index is 758. The summed E-state index contributed by atoms with van der Waals surface area (Å²) in [6.45, 7) is 5.00. The van der Waals surface area contributed by atoms with Gasteiger partial charge in [-0.15, -0.1) is 0 Å². The second kappa shape index (κ2) is 6.35. The van der Waals surface area contributed by atoms with Crippen LogP contribution in [0.5, 0.6) is 0 Å². The Morgan fingerprint density at radius 3 is 2.83 bits per heavy atom. The van der Waals surface area contributed by atoms with Crippen molar-refractivity contribution in [1.29, 1.82) is 0 Å². The molecule has 2 aromatic rings. The number of hydrogen-bond acceptors (Lipinski definition) is 4. The summed E-state index contributed by atoms with van der Waals surface area (Å²) >= 11 is 1.17. The minimum Gasteiger partial charge on any atom is -0.464 e. The second-order valence-electron chi connectivity index (χ2n) is 6.42. The van der Waals surface area contributed by atoms with Gasteiger partial charge >= 0.3 is 4.87 Å². The van der Waals surface area contributed by atoms with Gasteiger partial charge in [0.2, 0.25) is 5.91 Å². The van der Waals surface area contributed by atoms with Gasteiger partial charge < -0.3 is 13.9 Å². The lowest BCUT2D eigenvalue weighted by Gasteiger charge is -2.16. The lowest BCUT2D eigenvalue weighted by Crippen LogP contribution is -2.28. The standard InChI is InChI=1S/C17H22N2O3S/c1-11-8-14(11)15-5-4-13(22-15)9-18(3)16(20)6-7-19-12(2)10-23-17(19)21/h4-5,10-11,14H,6-9H2,1-3H3/t11-,14+/m0/s1. The Hall–Kier alpha value is -1.82. The van der Waals surface area contributed by atoms with E-state index in [1.54, 1.807) is 16.5 Å². The summed E-state index contributed by atoms with van der Waals surface area (Å²) in [6.07, 6.45) is 1.51. The number of aryl methyl sites for hydroxylation is 1. The molecule has 2 aromatic heterocycles. The average Bonchev–Trinajstić information content (AvgIpc) is 2.92. The maximum absolute atomic E-state index is 12.2. The lowest BCUT2D eigenvalue weighted by molar-refractivity contribution is -0.130. The number of hydrogen-bond donors (Lipinski definition) is 0. The average molecular weight is 334 g/mol. The molecule has 5 nitrogen and oxygen atoms in total. The van der Waals surface area contributed by atoms with Crippen LogP contribution in [0, 0.1) is 12.8 Å². The Kier molecular flexibility index (Phi) is 4.43. The van der Waals surface area contributed by atoms with Crippen LogP contribution in [0.15, 0.2) is 26.7 Å². The maximum Gasteiger partial charge on any atom is 0.307 e. The third kappa shape index (κ3) is 3.58. The van der Waals surface area contributed by atoms with E-state index >= 15 is 0 Å². The van der Waals surface area contributed by atoms with E-state index in [-0.39, 0.29) is 10.8 Å². The zero-order valence-corrected chi connectivity index (χ0v) is 14.6. The number of rotatable bonds is 6. The predicted molar refractivity (Wildman–Crippen MR) is 89.6 cm³/mol. The fraction of sp³-hybridized carbons (Fsp3) is 0.529. The third-order valence-corrected chi connectivity index (χ3v) is 5.38. The van der Waals surface area contributed by atoms with E-state index in [4.69, 9.17) is 4.42 Å². The van der Waals surface area contributed by atoms with E-state index in [9.17, 15) is 9.59 Å². The van der Waals surface area contributed by atoms with Gasteiger partial charge in [-0.3, -0.25) is 9.59 Å². The van der Waals surface area contributed by atoms with E-state index < -0.39 is 0 Å². The summed E-state index contributed by atoms with van der Waals surface area (Å²) in [5.74, 6) is 3.13. The normalized spacial score (nSPS) is 19.8. The van der Waals surface area contributed by atoms with Crippen molar-refractivity contribution in [2.45, 2.75) is 45.7 Å². The van der Waals surface area contributed by atoms with Gasteiger partial charge in [-0.05, 0) is 31.4 Å². The summed E-state index contributed by atoms with van der Waals surface area (Å²) in [5.41, 5.74) is 0.907.